The monoisotopic (exact) mass is 346 g/mol. The molecule has 0 spiro atoms. The van der Waals surface area contributed by atoms with Gasteiger partial charge in [-0.1, -0.05) is 30.3 Å². The van der Waals surface area contributed by atoms with Gasteiger partial charge in [0.05, 0.1) is 11.9 Å². The average Bonchev–Trinajstić information content (AvgIpc) is 3.03. The van der Waals surface area contributed by atoms with Crippen molar-refractivity contribution in [2.24, 2.45) is 0 Å². The van der Waals surface area contributed by atoms with Gasteiger partial charge in [-0.3, -0.25) is 9.69 Å². The van der Waals surface area contributed by atoms with Crippen LogP contribution in [-0.4, -0.2) is 46.9 Å². The topological polar surface area (TPSA) is 62.5 Å². The van der Waals surface area contributed by atoms with E-state index in [1.54, 1.807) is 12.1 Å². The lowest BCUT2D eigenvalue weighted by atomic mass is 10.2. The fraction of sp³-hybridized carbons (Fsp3) is 0.333. The Balaban J connectivity index is 0.00000208. The zero-order chi connectivity index (χ0) is 16.2. The van der Waals surface area contributed by atoms with Gasteiger partial charge in [-0.05, 0) is 24.1 Å². The van der Waals surface area contributed by atoms with E-state index in [-0.39, 0.29) is 24.4 Å². The first-order valence-electron chi connectivity index (χ1n) is 7.88. The van der Waals surface area contributed by atoms with Crippen LogP contribution in [0, 0.1) is 0 Å². The van der Waals surface area contributed by atoms with Crippen LogP contribution in [0.2, 0.25) is 0 Å². The zero-order valence-corrected chi connectivity index (χ0v) is 14.6. The fourth-order valence-electron chi connectivity index (χ4n) is 2.99. The number of likely N-dealkylation sites (tertiary alicyclic amines) is 1. The molecule has 2 aromatic rings. The van der Waals surface area contributed by atoms with Crippen LogP contribution >= 0.6 is 12.4 Å². The number of hydrogen-bond donors (Lipinski definition) is 1. The Morgan fingerprint density at radius 2 is 2.04 bits per heavy atom. The lowest BCUT2D eigenvalue weighted by Gasteiger charge is -2.24. The minimum absolute atomic E-state index is 0. The van der Waals surface area contributed by atoms with E-state index in [0.29, 0.717) is 11.4 Å². The van der Waals surface area contributed by atoms with Gasteiger partial charge < -0.3 is 10.6 Å². The summed E-state index contributed by atoms with van der Waals surface area (Å²) in [7, 11) is 1.86. The van der Waals surface area contributed by atoms with Crippen LogP contribution in [0.5, 0.6) is 0 Å². The van der Waals surface area contributed by atoms with Crippen LogP contribution < -0.4 is 5.73 Å². The first-order chi connectivity index (χ1) is 11.1. The fourth-order valence-corrected chi connectivity index (χ4v) is 2.99. The zero-order valence-electron chi connectivity index (χ0n) is 13.8. The largest absolute Gasteiger partial charge is 0.397 e. The number of anilines is 1. The summed E-state index contributed by atoms with van der Waals surface area (Å²) in [4.78, 5) is 20.8. The second-order valence-electron chi connectivity index (χ2n) is 6.06. The van der Waals surface area contributed by atoms with Gasteiger partial charge in [-0.15, -0.1) is 12.4 Å². The van der Waals surface area contributed by atoms with E-state index in [9.17, 15) is 4.79 Å². The average molecular weight is 347 g/mol. The minimum Gasteiger partial charge on any atom is -0.397 e. The predicted molar refractivity (Wildman–Crippen MR) is 98.1 cm³/mol. The number of nitrogen functional groups attached to an aromatic ring is 1. The van der Waals surface area contributed by atoms with Crippen molar-refractivity contribution in [3.05, 3.63) is 59.9 Å². The maximum absolute atomic E-state index is 12.5. The molecule has 1 saturated heterocycles. The molecule has 0 saturated carbocycles. The Bertz CT molecular complexity index is 662. The molecule has 1 aromatic heterocycles. The first-order valence-corrected chi connectivity index (χ1v) is 7.88. The first kappa shape index (κ1) is 18.2. The van der Waals surface area contributed by atoms with Gasteiger partial charge in [-0.2, -0.15) is 0 Å². The van der Waals surface area contributed by atoms with Crippen LogP contribution in [0.3, 0.4) is 0 Å². The third-order valence-electron chi connectivity index (χ3n) is 4.37. The highest BCUT2D eigenvalue weighted by Gasteiger charge is 2.29. The molecule has 5 nitrogen and oxygen atoms in total. The third-order valence-corrected chi connectivity index (χ3v) is 4.37. The van der Waals surface area contributed by atoms with E-state index in [4.69, 9.17) is 5.73 Å². The number of nitrogens with zero attached hydrogens (tertiary/aromatic N) is 3. The van der Waals surface area contributed by atoms with Gasteiger partial charge in [0.25, 0.3) is 5.91 Å². The molecule has 1 atom stereocenters. The molecule has 2 heterocycles. The highest BCUT2D eigenvalue weighted by molar-refractivity contribution is 5.92. The molecule has 6 heteroatoms. The standard InChI is InChI=1S/C18H22N4O.ClH/c1-21(18(23)17-8-7-15(19)11-20-17)16-9-10-22(13-16)12-14-5-3-2-4-6-14;/h2-8,11,16H,9-10,12-13,19H2,1H3;1H. The molecule has 1 amide bonds. The second-order valence-corrected chi connectivity index (χ2v) is 6.06. The normalized spacial score (nSPS) is 17.3. The van der Waals surface area contributed by atoms with Crippen molar-refractivity contribution >= 4 is 24.0 Å². The summed E-state index contributed by atoms with van der Waals surface area (Å²) in [6, 6.07) is 14.1. The number of amides is 1. The molecule has 1 aliphatic heterocycles. The summed E-state index contributed by atoms with van der Waals surface area (Å²) in [5.41, 5.74) is 7.95. The summed E-state index contributed by atoms with van der Waals surface area (Å²) in [6.45, 7) is 2.83. The SMILES string of the molecule is CN(C(=O)c1ccc(N)cn1)C1CCN(Cc2ccccc2)C1.Cl. The van der Waals surface area contributed by atoms with E-state index in [2.05, 4.69) is 34.1 Å². The van der Waals surface area contributed by atoms with Crippen molar-refractivity contribution in [2.75, 3.05) is 25.9 Å². The van der Waals surface area contributed by atoms with Crippen LogP contribution in [-0.2, 0) is 6.54 Å². The van der Waals surface area contributed by atoms with E-state index in [1.165, 1.54) is 11.8 Å². The summed E-state index contributed by atoms with van der Waals surface area (Å²) in [6.07, 6.45) is 2.52. The lowest BCUT2D eigenvalue weighted by molar-refractivity contribution is 0.0729. The molecule has 2 N–H and O–H groups in total. The summed E-state index contributed by atoms with van der Waals surface area (Å²) < 4.78 is 0. The Labute approximate surface area is 148 Å². The maximum atomic E-state index is 12.5. The smallest absolute Gasteiger partial charge is 0.272 e. The molecule has 3 rings (SSSR count). The highest BCUT2D eigenvalue weighted by Crippen LogP contribution is 2.18. The Morgan fingerprint density at radius 3 is 2.71 bits per heavy atom. The van der Waals surface area contributed by atoms with Crippen molar-refractivity contribution in [2.45, 2.75) is 19.0 Å². The number of carbonyl (C=O) groups excluding carboxylic acids is 1. The van der Waals surface area contributed by atoms with Gasteiger partial charge >= 0.3 is 0 Å². The minimum atomic E-state index is -0.0449. The molecule has 0 aliphatic carbocycles. The number of carbonyl (C=O) groups is 1. The lowest BCUT2D eigenvalue weighted by Crippen LogP contribution is -2.39. The molecular weight excluding hydrogens is 324 g/mol. The van der Waals surface area contributed by atoms with Crippen LogP contribution in [0.4, 0.5) is 5.69 Å². The predicted octanol–water partition coefficient (Wildman–Crippen LogP) is 2.43. The van der Waals surface area contributed by atoms with Crippen molar-refractivity contribution in [3.8, 4) is 0 Å². The number of aromatic nitrogens is 1. The maximum Gasteiger partial charge on any atom is 0.272 e. The Hall–Kier alpha value is -2.11. The van der Waals surface area contributed by atoms with Crippen molar-refractivity contribution in [1.82, 2.24) is 14.8 Å². The van der Waals surface area contributed by atoms with Gasteiger partial charge in [0.15, 0.2) is 0 Å². The number of benzene rings is 1. The molecule has 128 valence electrons. The number of pyridine rings is 1. The van der Waals surface area contributed by atoms with Crippen LogP contribution in [0.25, 0.3) is 0 Å². The molecule has 1 unspecified atom stereocenters. The number of likely N-dealkylation sites (N-methyl/N-ethyl adjacent to an activating group) is 1. The Kier molecular flexibility index (Phi) is 6.17. The highest BCUT2D eigenvalue weighted by atomic mass is 35.5. The van der Waals surface area contributed by atoms with E-state index in [0.717, 1.165) is 26.1 Å². The summed E-state index contributed by atoms with van der Waals surface area (Å²) in [5.74, 6) is -0.0449. The van der Waals surface area contributed by atoms with Gasteiger partial charge in [0, 0.05) is 32.7 Å². The molecule has 1 aromatic carbocycles. The van der Waals surface area contributed by atoms with E-state index < -0.39 is 0 Å². The van der Waals surface area contributed by atoms with Crippen molar-refractivity contribution in [3.63, 3.8) is 0 Å². The number of halogens is 1. The molecular formula is C18H23ClN4O. The van der Waals surface area contributed by atoms with Crippen molar-refractivity contribution < 1.29 is 4.79 Å². The van der Waals surface area contributed by atoms with Crippen LogP contribution in [0.15, 0.2) is 48.7 Å². The second kappa shape index (κ2) is 8.13. The summed E-state index contributed by atoms with van der Waals surface area (Å²) in [5, 5.41) is 0. The summed E-state index contributed by atoms with van der Waals surface area (Å²) >= 11 is 0. The van der Waals surface area contributed by atoms with E-state index in [1.807, 2.05) is 18.0 Å². The molecule has 0 radical (unpaired) electrons. The number of hydrogen-bond acceptors (Lipinski definition) is 4. The molecule has 24 heavy (non-hydrogen) atoms. The molecule has 1 fully saturated rings. The van der Waals surface area contributed by atoms with Gasteiger partial charge in [-0.25, -0.2) is 4.98 Å². The van der Waals surface area contributed by atoms with Crippen molar-refractivity contribution in [1.29, 1.82) is 0 Å². The van der Waals surface area contributed by atoms with E-state index >= 15 is 0 Å². The van der Waals surface area contributed by atoms with Crippen LogP contribution in [0.1, 0.15) is 22.5 Å². The molecule has 1 aliphatic rings. The number of nitrogens with two attached hydrogens (primary N) is 1. The molecule has 0 bridgehead atoms. The third kappa shape index (κ3) is 4.24. The van der Waals surface area contributed by atoms with Gasteiger partial charge in [0.1, 0.15) is 5.69 Å². The van der Waals surface area contributed by atoms with Gasteiger partial charge in [0.2, 0.25) is 0 Å². The number of rotatable bonds is 4. The quantitative estimate of drug-likeness (QED) is 0.923. The Morgan fingerprint density at radius 1 is 1.29 bits per heavy atom.